The highest BCUT2D eigenvalue weighted by Crippen LogP contribution is 2.26. The number of hydrogen-bond donors (Lipinski definition) is 1. The molecule has 0 bridgehead atoms. The Morgan fingerprint density at radius 2 is 2.00 bits per heavy atom. The van der Waals surface area contributed by atoms with Gasteiger partial charge in [-0.1, -0.05) is 12.1 Å². The van der Waals surface area contributed by atoms with Gasteiger partial charge in [-0.25, -0.2) is 8.78 Å². The molecule has 2 atom stereocenters. The lowest BCUT2D eigenvalue weighted by Crippen LogP contribution is -2.48. The second-order valence-electron chi connectivity index (χ2n) is 6.44. The molecule has 0 radical (unpaired) electrons. The Balaban J connectivity index is 1.72. The molecule has 1 aromatic carbocycles. The maximum absolute atomic E-state index is 12.8. The van der Waals surface area contributed by atoms with E-state index in [-0.39, 0.29) is 19.3 Å². The third kappa shape index (κ3) is 7.08. The molecule has 10 heteroatoms. The number of morpholine rings is 1. The van der Waals surface area contributed by atoms with Gasteiger partial charge in [0, 0.05) is 19.6 Å². The Bertz CT molecular complexity index is 593. The summed E-state index contributed by atoms with van der Waals surface area (Å²) < 4.78 is 70.8. The van der Waals surface area contributed by atoms with Crippen LogP contribution < -0.4 is 9.47 Å². The molecule has 1 saturated heterocycles. The zero-order valence-corrected chi connectivity index (χ0v) is 15.5. The topological polar surface area (TPSA) is 60.4 Å². The molecule has 1 N–H and O–H groups in total. The summed E-state index contributed by atoms with van der Waals surface area (Å²) in [5.74, 6) is -3.04. The molecule has 28 heavy (non-hydrogen) atoms. The van der Waals surface area contributed by atoms with Crippen LogP contribution in [0.15, 0.2) is 24.3 Å². The average Bonchev–Trinajstić information content (AvgIpc) is 2.66. The van der Waals surface area contributed by atoms with Crippen molar-refractivity contribution in [2.24, 2.45) is 0 Å². The fraction of sp³-hybridized carbons (Fsp3) is 0.667. The maximum atomic E-state index is 12.8. The summed E-state index contributed by atoms with van der Waals surface area (Å²) in [5.41, 5.74) is 0. The monoisotopic (exact) mass is 411 g/mol. The van der Waals surface area contributed by atoms with Gasteiger partial charge in [-0.15, -0.1) is 0 Å². The minimum Gasteiger partial charge on any atom is -0.493 e. The minimum absolute atomic E-state index is 0.148. The van der Waals surface area contributed by atoms with Gasteiger partial charge in [0.1, 0.15) is 19.3 Å². The first-order valence-electron chi connectivity index (χ1n) is 8.83. The highest BCUT2D eigenvalue weighted by Gasteiger charge is 2.41. The van der Waals surface area contributed by atoms with Crippen molar-refractivity contribution in [3.8, 4) is 11.5 Å². The van der Waals surface area contributed by atoms with Crippen LogP contribution in [-0.4, -0.2) is 87.7 Å². The first-order chi connectivity index (χ1) is 13.3. The molecule has 1 fully saturated rings. The van der Waals surface area contributed by atoms with Crippen LogP contribution in [-0.2, 0) is 9.47 Å². The van der Waals surface area contributed by atoms with Gasteiger partial charge in [-0.2, -0.15) is 8.78 Å². The van der Waals surface area contributed by atoms with E-state index in [9.17, 15) is 22.7 Å². The average molecular weight is 411 g/mol. The molecule has 0 spiro atoms. The van der Waals surface area contributed by atoms with Crippen molar-refractivity contribution >= 4 is 0 Å². The van der Waals surface area contributed by atoms with E-state index in [1.54, 1.807) is 19.2 Å². The molecule has 0 saturated carbocycles. The Morgan fingerprint density at radius 3 is 2.68 bits per heavy atom. The SMILES string of the molecule is COc1ccccc1OC[C@@H]1CN(C[C@H](O)COCC(F)(F)C(F)F)CCO1. The molecule has 1 heterocycles. The normalized spacial score (nSPS) is 19.6. The Morgan fingerprint density at radius 1 is 1.29 bits per heavy atom. The number of para-hydroxylation sites is 2. The molecule has 160 valence electrons. The third-order valence-corrected chi connectivity index (χ3v) is 4.11. The fourth-order valence-electron chi connectivity index (χ4n) is 2.71. The summed E-state index contributed by atoms with van der Waals surface area (Å²) in [6.07, 6.45) is -5.13. The standard InChI is InChI=1S/C18H25F4NO5/c1-25-15-4-2-3-5-16(15)28-11-14-9-23(6-7-27-14)8-13(24)10-26-12-18(21,22)17(19)20/h2-5,13-14,17,24H,6-12H2,1H3/t13-,14-/m0/s1. The number of halogens is 4. The van der Waals surface area contributed by atoms with Gasteiger partial charge < -0.3 is 24.1 Å². The van der Waals surface area contributed by atoms with Crippen molar-refractivity contribution in [2.75, 3.05) is 53.2 Å². The van der Waals surface area contributed by atoms with Gasteiger partial charge in [-0.3, -0.25) is 4.90 Å². The van der Waals surface area contributed by atoms with Crippen molar-refractivity contribution in [1.82, 2.24) is 4.90 Å². The number of rotatable bonds is 11. The van der Waals surface area contributed by atoms with Crippen molar-refractivity contribution in [2.45, 2.75) is 24.6 Å². The minimum atomic E-state index is -4.22. The summed E-state index contributed by atoms with van der Waals surface area (Å²) >= 11 is 0. The van der Waals surface area contributed by atoms with E-state index >= 15 is 0 Å². The third-order valence-electron chi connectivity index (χ3n) is 4.11. The van der Waals surface area contributed by atoms with E-state index in [1.807, 2.05) is 17.0 Å². The molecule has 0 unspecified atom stereocenters. The first-order valence-corrected chi connectivity index (χ1v) is 8.83. The molecule has 0 aliphatic carbocycles. The zero-order chi connectivity index (χ0) is 20.6. The van der Waals surface area contributed by atoms with Crippen molar-refractivity contribution < 1.29 is 41.6 Å². The molecule has 1 aliphatic heterocycles. The number of ether oxygens (including phenoxy) is 4. The van der Waals surface area contributed by atoms with E-state index in [4.69, 9.17) is 14.2 Å². The predicted octanol–water partition coefficient (Wildman–Crippen LogP) is 2.05. The van der Waals surface area contributed by atoms with Crippen molar-refractivity contribution in [1.29, 1.82) is 0 Å². The molecule has 0 amide bonds. The summed E-state index contributed by atoms with van der Waals surface area (Å²) in [6.45, 7) is -0.0626. The molecule has 0 aromatic heterocycles. The van der Waals surface area contributed by atoms with Crippen LogP contribution >= 0.6 is 0 Å². The summed E-state index contributed by atoms with van der Waals surface area (Å²) in [5, 5.41) is 9.91. The summed E-state index contributed by atoms with van der Waals surface area (Å²) in [6, 6.07) is 7.19. The number of aliphatic hydroxyl groups excluding tert-OH is 1. The second-order valence-corrected chi connectivity index (χ2v) is 6.44. The zero-order valence-electron chi connectivity index (χ0n) is 15.5. The molecule has 1 aliphatic rings. The van der Waals surface area contributed by atoms with E-state index < -0.39 is 31.7 Å². The van der Waals surface area contributed by atoms with Gasteiger partial charge in [0.25, 0.3) is 0 Å². The van der Waals surface area contributed by atoms with Crippen LogP contribution in [0, 0.1) is 0 Å². The van der Waals surface area contributed by atoms with E-state index in [2.05, 4.69) is 4.74 Å². The van der Waals surface area contributed by atoms with Crippen molar-refractivity contribution in [3.05, 3.63) is 24.3 Å². The van der Waals surface area contributed by atoms with Gasteiger partial charge in [0.2, 0.25) is 0 Å². The number of hydrogen-bond acceptors (Lipinski definition) is 6. The molecule has 1 aromatic rings. The predicted molar refractivity (Wildman–Crippen MR) is 92.4 cm³/mol. The lowest BCUT2D eigenvalue weighted by Gasteiger charge is -2.34. The van der Waals surface area contributed by atoms with E-state index in [1.165, 1.54) is 0 Å². The number of benzene rings is 1. The largest absolute Gasteiger partial charge is 0.493 e. The molecular weight excluding hydrogens is 386 g/mol. The smallest absolute Gasteiger partial charge is 0.330 e. The van der Waals surface area contributed by atoms with Gasteiger partial charge in [0.15, 0.2) is 11.5 Å². The lowest BCUT2D eigenvalue weighted by molar-refractivity contribution is -0.171. The lowest BCUT2D eigenvalue weighted by atomic mass is 10.2. The molecule has 2 rings (SSSR count). The van der Waals surface area contributed by atoms with Gasteiger partial charge in [0.05, 0.1) is 26.4 Å². The molecule has 6 nitrogen and oxygen atoms in total. The van der Waals surface area contributed by atoms with Gasteiger partial charge in [-0.05, 0) is 12.1 Å². The van der Waals surface area contributed by atoms with Crippen LogP contribution in [0.2, 0.25) is 0 Å². The highest BCUT2D eigenvalue weighted by atomic mass is 19.3. The van der Waals surface area contributed by atoms with E-state index in [0.29, 0.717) is 31.2 Å². The Kier molecular flexibility index (Phi) is 8.74. The Hall–Kier alpha value is -1.62. The van der Waals surface area contributed by atoms with Crippen LogP contribution in [0.1, 0.15) is 0 Å². The fourth-order valence-corrected chi connectivity index (χ4v) is 2.71. The van der Waals surface area contributed by atoms with Crippen molar-refractivity contribution in [3.63, 3.8) is 0 Å². The quantitative estimate of drug-likeness (QED) is 0.563. The van der Waals surface area contributed by atoms with Crippen LogP contribution in [0.25, 0.3) is 0 Å². The number of methoxy groups -OCH3 is 1. The van der Waals surface area contributed by atoms with E-state index in [0.717, 1.165) is 0 Å². The highest BCUT2D eigenvalue weighted by molar-refractivity contribution is 5.39. The number of β-amino-alcohol motifs (C(OH)–C–C–N with tert-alkyl or cyclic N) is 1. The van der Waals surface area contributed by atoms with Gasteiger partial charge >= 0.3 is 12.3 Å². The second kappa shape index (κ2) is 10.8. The number of nitrogens with zero attached hydrogens (tertiary/aromatic N) is 1. The number of alkyl halides is 4. The van der Waals surface area contributed by atoms with Crippen LogP contribution in [0.3, 0.4) is 0 Å². The summed E-state index contributed by atoms with van der Waals surface area (Å²) in [4.78, 5) is 1.87. The van der Waals surface area contributed by atoms with Crippen LogP contribution in [0.4, 0.5) is 17.6 Å². The maximum Gasteiger partial charge on any atom is 0.330 e. The summed E-state index contributed by atoms with van der Waals surface area (Å²) in [7, 11) is 1.54. The molecular formula is C18H25F4NO5. The number of aliphatic hydroxyl groups is 1. The van der Waals surface area contributed by atoms with Crippen LogP contribution in [0.5, 0.6) is 11.5 Å². The first kappa shape index (κ1) is 22.7. The Labute approximate surface area is 160 Å².